The molecule has 0 bridgehead atoms. The van der Waals surface area contributed by atoms with E-state index in [1.807, 2.05) is 12.1 Å². The van der Waals surface area contributed by atoms with E-state index in [1.54, 1.807) is 6.08 Å². The summed E-state index contributed by atoms with van der Waals surface area (Å²) >= 11 is 5.94. The molecule has 0 radical (unpaired) electrons. The van der Waals surface area contributed by atoms with Gasteiger partial charge in [0.2, 0.25) is 0 Å². The summed E-state index contributed by atoms with van der Waals surface area (Å²) in [6, 6.07) is 2.03. The quantitative estimate of drug-likeness (QED) is 0.526. The zero-order valence-corrected chi connectivity index (χ0v) is 8.15. The second-order valence-electron chi connectivity index (χ2n) is 3.96. The van der Waals surface area contributed by atoms with E-state index in [4.69, 9.17) is 16.9 Å². The van der Waals surface area contributed by atoms with Crippen molar-refractivity contribution in [3.8, 4) is 6.07 Å². The smallest absolute Gasteiger partial charge is 0.0914 e. The van der Waals surface area contributed by atoms with Gasteiger partial charge in [-0.3, -0.25) is 0 Å². The van der Waals surface area contributed by atoms with Crippen LogP contribution < -0.4 is 0 Å². The maximum absolute atomic E-state index is 8.48. The number of hydrogen-bond acceptors (Lipinski definition) is 1. The van der Waals surface area contributed by atoms with Gasteiger partial charge in [-0.1, -0.05) is 25.4 Å². The predicted octanol–water partition coefficient (Wildman–Crippen LogP) is 3.38. The Labute approximate surface area is 78.3 Å². The highest BCUT2D eigenvalue weighted by molar-refractivity contribution is 6.29. The maximum atomic E-state index is 8.48. The van der Waals surface area contributed by atoms with Gasteiger partial charge in [0.05, 0.1) is 6.07 Å². The molecule has 0 heterocycles. The zero-order valence-electron chi connectivity index (χ0n) is 7.39. The molecule has 1 aliphatic rings. The Hall–Kier alpha value is -0.740. The van der Waals surface area contributed by atoms with Gasteiger partial charge in [-0.25, -0.2) is 0 Å². The Bertz CT molecular complexity index is 279. The van der Waals surface area contributed by atoms with Gasteiger partial charge >= 0.3 is 0 Å². The van der Waals surface area contributed by atoms with Crippen LogP contribution in [0.4, 0.5) is 0 Å². The van der Waals surface area contributed by atoms with Gasteiger partial charge in [0.25, 0.3) is 0 Å². The van der Waals surface area contributed by atoms with Crippen LogP contribution in [-0.4, -0.2) is 0 Å². The summed E-state index contributed by atoms with van der Waals surface area (Å²) in [4.78, 5) is 0. The second kappa shape index (κ2) is 3.33. The maximum Gasteiger partial charge on any atom is 0.0914 e. The summed E-state index contributed by atoms with van der Waals surface area (Å²) in [7, 11) is 0. The highest BCUT2D eigenvalue weighted by atomic mass is 35.5. The minimum Gasteiger partial charge on any atom is -0.193 e. The zero-order chi connectivity index (χ0) is 9.19. The Kier molecular flexibility index (Phi) is 2.59. The molecular weight excluding hydrogens is 170 g/mol. The lowest BCUT2D eigenvalue weighted by Gasteiger charge is -2.28. The van der Waals surface area contributed by atoms with E-state index < -0.39 is 0 Å². The molecule has 0 aliphatic heterocycles. The van der Waals surface area contributed by atoms with Gasteiger partial charge in [-0.05, 0) is 29.9 Å². The van der Waals surface area contributed by atoms with Crippen LogP contribution in [0.5, 0.6) is 0 Å². The van der Waals surface area contributed by atoms with Gasteiger partial charge in [0, 0.05) is 11.1 Å². The fraction of sp³-hybridized carbons (Fsp3) is 0.500. The molecule has 0 unspecified atom stereocenters. The van der Waals surface area contributed by atoms with Crippen molar-refractivity contribution in [3.63, 3.8) is 0 Å². The third-order valence-electron chi connectivity index (χ3n) is 1.92. The van der Waals surface area contributed by atoms with Crippen LogP contribution in [0, 0.1) is 16.7 Å². The first-order chi connectivity index (χ1) is 5.53. The molecule has 64 valence electrons. The summed E-state index contributed by atoms with van der Waals surface area (Å²) in [5, 5.41) is 9.33. The Morgan fingerprint density at radius 3 is 2.75 bits per heavy atom. The van der Waals surface area contributed by atoms with Crippen LogP contribution in [0.15, 0.2) is 22.8 Å². The van der Waals surface area contributed by atoms with Crippen LogP contribution >= 0.6 is 11.6 Å². The average molecular weight is 182 g/mol. The highest BCUT2D eigenvalue weighted by Crippen LogP contribution is 2.38. The van der Waals surface area contributed by atoms with E-state index in [1.165, 1.54) is 0 Å². The standard InChI is InChI=1S/C10H12ClN/c1-10(2)6-8(3-4-12)5-9(11)7-10/h3,5H,6-7H2,1-2H3/b8-3-. The molecule has 0 saturated heterocycles. The average Bonchev–Trinajstić information content (AvgIpc) is 1.82. The van der Waals surface area contributed by atoms with Crippen molar-refractivity contribution in [3.05, 3.63) is 22.8 Å². The lowest BCUT2D eigenvalue weighted by atomic mass is 9.78. The summed E-state index contributed by atoms with van der Waals surface area (Å²) in [6.07, 6.45) is 5.33. The van der Waals surface area contributed by atoms with Crippen molar-refractivity contribution in [1.82, 2.24) is 0 Å². The number of allylic oxidation sites excluding steroid dienone is 4. The molecule has 0 amide bonds. The first-order valence-corrected chi connectivity index (χ1v) is 4.36. The Morgan fingerprint density at radius 2 is 2.25 bits per heavy atom. The van der Waals surface area contributed by atoms with Crippen LogP contribution in [-0.2, 0) is 0 Å². The van der Waals surface area contributed by atoms with E-state index in [0.29, 0.717) is 0 Å². The molecule has 0 N–H and O–H groups in total. The number of hydrogen-bond donors (Lipinski definition) is 0. The van der Waals surface area contributed by atoms with Crippen molar-refractivity contribution in [2.45, 2.75) is 26.7 Å². The molecule has 0 aromatic heterocycles. The van der Waals surface area contributed by atoms with Crippen molar-refractivity contribution < 1.29 is 0 Å². The second-order valence-corrected chi connectivity index (χ2v) is 4.44. The van der Waals surface area contributed by atoms with E-state index >= 15 is 0 Å². The van der Waals surface area contributed by atoms with Crippen LogP contribution in [0.25, 0.3) is 0 Å². The predicted molar refractivity (Wildman–Crippen MR) is 50.6 cm³/mol. The minimum absolute atomic E-state index is 0.203. The summed E-state index contributed by atoms with van der Waals surface area (Å²) < 4.78 is 0. The number of rotatable bonds is 0. The van der Waals surface area contributed by atoms with E-state index in [-0.39, 0.29) is 5.41 Å². The van der Waals surface area contributed by atoms with Crippen molar-refractivity contribution in [2.75, 3.05) is 0 Å². The van der Waals surface area contributed by atoms with E-state index in [2.05, 4.69) is 13.8 Å². The molecule has 1 nitrogen and oxygen atoms in total. The molecule has 0 aromatic rings. The van der Waals surface area contributed by atoms with Gasteiger partial charge in [0.15, 0.2) is 0 Å². The fourth-order valence-corrected chi connectivity index (χ4v) is 2.05. The fourth-order valence-electron chi connectivity index (χ4n) is 1.55. The van der Waals surface area contributed by atoms with Crippen molar-refractivity contribution in [2.24, 2.45) is 5.41 Å². The minimum atomic E-state index is 0.203. The number of halogens is 1. The van der Waals surface area contributed by atoms with Crippen molar-refractivity contribution >= 4 is 11.6 Å². The normalized spacial score (nSPS) is 24.8. The summed E-state index contributed by atoms with van der Waals surface area (Å²) in [5.74, 6) is 0. The SMILES string of the molecule is CC1(C)CC(Cl)=C/C(=C/C#N)C1. The molecular formula is C10H12ClN. The first-order valence-electron chi connectivity index (χ1n) is 3.98. The van der Waals surface area contributed by atoms with Gasteiger partial charge in [-0.2, -0.15) is 5.26 Å². The molecule has 0 aromatic carbocycles. The molecule has 0 fully saturated rings. The Morgan fingerprint density at radius 1 is 1.58 bits per heavy atom. The molecule has 2 heteroatoms. The largest absolute Gasteiger partial charge is 0.193 e. The monoisotopic (exact) mass is 181 g/mol. The third kappa shape index (κ3) is 2.39. The van der Waals surface area contributed by atoms with Gasteiger partial charge < -0.3 is 0 Å². The van der Waals surface area contributed by atoms with Gasteiger partial charge in [0.1, 0.15) is 0 Å². The molecule has 0 saturated carbocycles. The molecule has 1 aliphatic carbocycles. The van der Waals surface area contributed by atoms with E-state index in [9.17, 15) is 0 Å². The molecule has 0 spiro atoms. The van der Waals surface area contributed by atoms with Crippen LogP contribution in [0.3, 0.4) is 0 Å². The van der Waals surface area contributed by atoms with Gasteiger partial charge in [-0.15, -0.1) is 0 Å². The highest BCUT2D eigenvalue weighted by Gasteiger charge is 2.24. The third-order valence-corrected chi connectivity index (χ3v) is 2.16. The van der Waals surface area contributed by atoms with Crippen LogP contribution in [0.2, 0.25) is 0 Å². The lowest BCUT2D eigenvalue weighted by molar-refractivity contribution is 0.358. The molecule has 12 heavy (non-hydrogen) atoms. The molecule has 1 rings (SSSR count). The van der Waals surface area contributed by atoms with Crippen LogP contribution in [0.1, 0.15) is 26.7 Å². The first kappa shape index (κ1) is 9.35. The number of nitrogens with zero attached hydrogens (tertiary/aromatic N) is 1. The summed E-state index contributed by atoms with van der Waals surface area (Å²) in [5.41, 5.74) is 1.24. The Balaban J connectivity index is 2.90. The lowest BCUT2D eigenvalue weighted by Crippen LogP contribution is -2.15. The summed E-state index contributed by atoms with van der Waals surface area (Å²) in [6.45, 7) is 4.32. The molecule has 0 atom stereocenters. The topological polar surface area (TPSA) is 23.8 Å². The van der Waals surface area contributed by atoms with Crippen molar-refractivity contribution in [1.29, 1.82) is 5.26 Å². The number of nitriles is 1. The van der Waals surface area contributed by atoms with E-state index in [0.717, 1.165) is 23.4 Å².